The minimum absolute atomic E-state index is 0.0654. The summed E-state index contributed by atoms with van der Waals surface area (Å²) < 4.78 is 21.8. The van der Waals surface area contributed by atoms with Crippen molar-refractivity contribution < 1.29 is 13.9 Å². The van der Waals surface area contributed by atoms with Gasteiger partial charge in [0.25, 0.3) is 0 Å². The van der Waals surface area contributed by atoms with E-state index < -0.39 is 18.4 Å². The number of halogens is 1. The maximum absolute atomic E-state index is 14.6. The van der Waals surface area contributed by atoms with Gasteiger partial charge in [-0.1, -0.05) is 0 Å². The number of imidazole rings is 1. The first-order valence-electron chi connectivity index (χ1n) is 12.1. The molecule has 5 rings (SSSR count). The van der Waals surface area contributed by atoms with Gasteiger partial charge >= 0.3 is 6.09 Å². The highest BCUT2D eigenvalue weighted by Gasteiger charge is 2.38. The second-order valence-corrected chi connectivity index (χ2v) is 9.64. The third-order valence-corrected chi connectivity index (χ3v) is 6.58. The normalized spacial score (nSPS) is 23.2. The lowest BCUT2D eigenvalue weighted by Crippen LogP contribution is -2.44. The number of nitrogens with zero attached hydrogens (tertiary/aromatic N) is 6. The predicted molar refractivity (Wildman–Crippen MR) is 130 cm³/mol. The van der Waals surface area contributed by atoms with Gasteiger partial charge in [0.05, 0.1) is 0 Å². The highest BCUT2D eigenvalue weighted by Crippen LogP contribution is 2.38. The van der Waals surface area contributed by atoms with E-state index in [1.807, 2.05) is 36.6 Å². The molecule has 3 aromatic heterocycles. The zero-order valence-corrected chi connectivity index (χ0v) is 20.2. The van der Waals surface area contributed by atoms with Gasteiger partial charge in [-0.2, -0.15) is 10.1 Å². The fourth-order valence-electron chi connectivity index (χ4n) is 4.65. The second kappa shape index (κ2) is 9.68. The summed E-state index contributed by atoms with van der Waals surface area (Å²) in [5, 5.41) is 13.3. The molecule has 1 aliphatic carbocycles. The summed E-state index contributed by atoms with van der Waals surface area (Å²) in [5.74, 6) is 1.93. The van der Waals surface area contributed by atoms with Crippen LogP contribution in [0.1, 0.15) is 38.3 Å². The Morgan fingerprint density at radius 2 is 2.03 bits per heavy atom. The number of alkyl carbamates (subject to hydrolysis) is 1. The van der Waals surface area contributed by atoms with Crippen LogP contribution in [0.5, 0.6) is 0 Å². The molecule has 1 saturated heterocycles. The maximum atomic E-state index is 14.6. The van der Waals surface area contributed by atoms with Crippen molar-refractivity contribution in [1.82, 2.24) is 34.8 Å². The number of carbonyl (C=O) groups excluding carboxylic acids is 1. The van der Waals surface area contributed by atoms with Gasteiger partial charge in [0.15, 0.2) is 5.82 Å². The molecule has 3 N–H and O–H groups in total. The van der Waals surface area contributed by atoms with Crippen molar-refractivity contribution in [3.8, 4) is 0 Å². The van der Waals surface area contributed by atoms with Gasteiger partial charge in [-0.15, -0.1) is 0 Å². The number of hydrogen-bond acceptors (Lipinski definition) is 8. The Balaban J connectivity index is 1.29. The van der Waals surface area contributed by atoms with Gasteiger partial charge in [0, 0.05) is 68.4 Å². The average Bonchev–Trinajstić information content (AvgIpc) is 3.54. The van der Waals surface area contributed by atoms with E-state index in [2.05, 4.69) is 42.7 Å². The first-order valence-corrected chi connectivity index (χ1v) is 12.1. The Bertz CT molecular complexity index is 1170. The Labute approximate surface area is 203 Å². The van der Waals surface area contributed by atoms with E-state index in [1.165, 1.54) is 0 Å². The zero-order chi connectivity index (χ0) is 24.5. The van der Waals surface area contributed by atoms with E-state index in [0.717, 1.165) is 43.3 Å². The summed E-state index contributed by atoms with van der Waals surface area (Å²) >= 11 is 0. The number of amides is 1. The molecule has 0 radical (unpaired) electrons. The van der Waals surface area contributed by atoms with Crippen LogP contribution in [0.3, 0.4) is 0 Å². The molecule has 4 heterocycles. The van der Waals surface area contributed by atoms with Gasteiger partial charge in [-0.25, -0.2) is 14.2 Å². The van der Waals surface area contributed by atoms with Crippen LogP contribution in [0.25, 0.3) is 5.65 Å². The Morgan fingerprint density at radius 1 is 1.23 bits per heavy atom. The van der Waals surface area contributed by atoms with Crippen molar-refractivity contribution >= 4 is 29.3 Å². The Hall–Kier alpha value is -3.41. The van der Waals surface area contributed by atoms with Gasteiger partial charge < -0.3 is 25.2 Å². The molecule has 0 spiro atoms. The number of rotatable bonds is 6. The first-order chi connectivity index (χ1) is 16.9. The number of likely N-dealkylation sites (N-methyl/N-ethyl adjacent to an activating group) is 1. The van der Waals surface area contributed by atoms with Crippen LogP contribution >= 0.6 is 0 Å². The number of anilines is 3. The monoisotopic (exact) mass is 485 g/mol. The van der Waals surface area contributed by atoms with Crippen LogP contribution in [0, 0.1) is 0 Å². The first kappa shape index (κ1) is 23.3. The van der Waals surface area contributed by atoms with Gasteiger partial charge in [-0.3, -0.25) is 9.50 Å². The topological polar surface area (TPSA) is 116 Å². The lowest BCUT2D eigenvalue weighted by atomic mass is 10.0. The fourth-order valence-corrected chi connectivity index (χ4v) is 4.65. The molecule has 3 aromatic rings. The van der Waals surface area contributed by atoms with Crippen LogP contribution < -0.4 is 15.5 Å². The lowest BCUT2D eigenvalue weighted by Gasteiger charge is -2.33. The van der Waals surface area contributed by atoms with E-state index in [0.29, 0.717) is 18.2 Å². The predicted octanol–water partition coefficient (Wildman–Crippen LogP) is 2.67. The molecule has 2 aliphatic rings. The summed E-state index contributed by atoms with van der Waals surface area (Å²) in [6, 6.07) is 3.78. The molecule has 2 fully saturated rings. The minimum Gasteiger partial charge on any atom is -0.443 e. The van der Waals surface area contributed by atoms with Crippen molar-refractivity contribution in [1.29, 1.82) is 0 Å². The quantitative estimate of drug-likeness (QED) is 0.488. The maximum Gasteiger partial charge on any atom is 0.407 e. The number of carbonyl (C=O) groups is 1. The van der Waals surface area contributed by atoms with E-state index in [1.54, 1.807) is 6.20 Å². The number of H-pyrrole nitrogens is 1. The molecule has 0 bridgehead atoms. The molecule has 1 aliphatic heterocycles. The van der Waals surface area contributed by atoms with Gasteiger partial charge in [0.1, 0.15) is 23.7 Å². The van der Waals surface area contributed by atoms with Crippen molar-refractivity contribution in [3.05, 3.63) is 30.2 Å². The van der Waals surface area contributed by atoms with Crippen molar-refractivity contribution in [2.75, 3.05) is 43.4 Å². The second-order valence-electron chi connectivity index (χ2n) is 9.64. The molecule has 1 amide bonds. The highest BCUT2D eigenvalue weighted by molar-refractivity contribution is 5.67. The summed E-state index contributed by atoms with van der Waals surface area (Å²) in [6.07, 6.45) is 1.68. The highest BCUT2D eigenvalue weighted by atomic mass is 19.1. The molecule has 3 atom stereocenters. The minimum atomic E-state index is -1.22. The molecule has 188 valence electrons. The summed E-state index contributed by atoms with van der Waals surface area (Å²) in [6.45, 7) is 7.42. The Morgan fingerprint density at radius 3 is 2.80 bits per heavy atom. The molecule has 0 unspecified atom stereocenters. The smallest absolute Gasteiger partial charge is 0.407 e. The van der Waals surface area contributed by atoms with E-state index in [-0.39, 0.29) is 18.4 Å². The lowest BCUT2D eigenvalue weighted by molar-refractivity contribution is 0.0593. The summed E-state index contributed by atoms with van der Waals surface area (Å²) in [7, 11) is 2.12. The summed E-state index contributed by atoms with van der Waals surface area (Å²) in [4.78, 5) is 25.7. The number of ether oxygens (including phenoxy) is 1. The van der Waals surface area contributed by atoms with Crippen LogP contribution in [0.2, 0.25) is 0 Å². The molecule has 11 nitrogen and oxygen atoms in total. The van der Waals surface area contributed by atoms with Crippen LogP contribution in [0.15, 0.2) is 24.5 Å². The van der Waals surface area contributed by atoms with Crippen molar-refractivity contribution in [2.24, 2.45) is 0 Å². The number of aromatic nitrogens is 5. The van der Waals surface area contributed by atoms with Crippen LogP contribution in [-0.2, 0) is 4.74 Å². The number of aromatic amines is 1. The number of piperazine rings is 1. The van der Waals surface area contributed by atoms with Crippen LogP contribution in [0.4, 0.5) is 26.8 Å². The van der Waals surface area contributed by atoms with E-state index in [9.17, 15) is 9.18 Å². The Kier molecular flexibility index (Phi) is 6.46. The molecular weight excluding hydrogens is 453 g/mol. The number of hydrogen-bond donors (Lipinski definition) is 3. The number of fused-ring (bicyclic) bond motifs is 1. The molecule has 1 saturated carbocycles. The van der Waals surface area contributed by atoms with E-state index >= 15 is 0 Å². The van der Waals surface area contributed by atoms with Gasteiger partial charge in [0.2, 0.25) is 5.95 Å². The zero-order valence-electron chi connectivity index (χ0n) is 20.2. The van der Waals surface area contributed by atoms with Gasteiger partial charge in [-0.05, 0) is 33.7 Å². The number of alkyl halides is 1. The fraction of sp³-hybridized carbons (Fsp3) is 0.565. The largest absolute Gasteiger partial charge is 0.443 e. The third-order valence-electron chi connectivity index (χ3n) is 6.58. The molecule has 12 heteroatoms. The standard InChI is InChI=1S/C23H32FN9O2/c1-14(2)26-23(34)35-18-11-15(10-16(18)24)17-12-19(30-29-17)27-22-28-21(13-20-25-4-5-33(20)22)32-8-6-31(3)7-9-32/h4-5,12-16,18H,6-11H2,1-3H3,(H,26,34)(H2,27,28,29,30)/t15-,16+,18-/m0/s1. The van der Waals surface area contributed by atoms with Crippen molar-refractivity contribution in [3.63, 3.8) is 0 Å². The third kappa shape index (κ3) is 5.16. The molecule has 35 heavy (non-hydrogen) atoms. The summed E-state index contributed by atoms with van der Waals surface area (Å²) in [5.41, 5.74) is 1.59. The molecule has 0 aromatic carbocycles. The van der Waals surface area contributed by atoms with Crippen LogP contribution in [-0.4, -0.2) is 87.1 Å². The SMILES string of the molecule is CC(C)NC(=O)O[C@H]1C[C@@H](c2cc(Nc3nc(N4CCN(C)CC4)cc4nccn34)n[nH]2)C[C@H]1F. The molecular formula is C23H32FN9O2. The number of nitrogens with one attached hydrogen (secondary N) is 3. The average molecular weight is 486 g/mol. The van der Waals surface area contributed by atoms with Crippen molar-refractivity contribution in [2.45, 2.75) is 50.9 Å². The van der Waals surface area contributed by atoms with E-state index in [4.69, 9.17) is 9.72 Å².